The zero-order chi connectivity index (χ0) is 15.6. The number of anilines is 1. The lowest BCUT2D eigenvalue weighted by molar-refractivity contribution is -0.120. The SMILES string of the molecule is Cc1cc(Cl)c(NC(=O)C(CN)C(C)C)c2cccnc12. The molecule has 0 spiro atoms. The van der Waals surface area contributed by atoms with Crippen LogP contribution in [0.25, 0.3) is 10.9 Å². The van der Waals surface area contributed by atoms with E-state index >= 15 is 0 Å². The van der Waals surface area contributed by atoms with Crippen molar-refractivity contribution in [2.45, 2.75) is 20.8 Å². The van der Waals surface area contributed by atoms with E-state index in [0.29, 0.717) is 17.3 Å². The molecule has 2 rings (SSSR count). The number of hydrogen-bond donors (Lipinski definition) is 2. The van der Waals surface area contributed by atoms with Gasteiger partial charge in [0, 0.05) is 18.1 Å². The average Bonchev–Trinajstić information content (AvgIpc) is 2.43. The van der Waals surface area contributed by atoms with Crippen molar-refractivity contribution in [2.24, 2.45) is 17.6 Å². The third-order valence-electron chi connectivity index (χ3n) is 3.68. The summed E-state index contributed by atoms with van der Waals surface area (Å²) in [4.78, 5) is 16.8. The lowest BCUT2D eigenvalue weighted by atomic mass is 9.95. The predicted molar refractivity (Wildman–Crippen MR) is 87.5 cm³/mol. The molecule has 0 aliphatic carbocycles. The quantitative estimate of drug-likeness (QED) is 0.910. The van der Waals surface area contributed by atoms with Gasteiger partial charge in [-0.3, -0.25) is 9.78 Å². The van der Waals surface area contributed by atoms with Gasteiger partial charge in [0.25, 0.3) is 0 Å². The van der Waals surface area contributed by atoms with Crippen molar-refractivity contribution in [3.05, 3.63) is 35.0 Å². The Kier molecular flexibility index (Phi) is 4.80. The molecule has 0 saturated carbocycles. The number of fused-ring (bicyclic) bond motifs is 1. The molecule has 2 aromatic rings. The minimum Gasteiger partial charge on any atom is -0.330 e. The number of amides is 1. The van der Waals surface area contributed by atoms with E-state index in [1.165, 1.54) is 0 Å². The van der Waals surface area contributed by atoms with Gasteiger partial charge in [-0.1, -0.05) is 25.4 Å². The Labute approximate surface area is 129 Å². The van der Waals surface area contributed by atoms with Gasteiger partial charge in [0.15, 0.2) is 0 Å². The Morgan fingerprint density at radius 2 is 2.19 bits per heavy atom. The summed E-state index contributed by atoms with van der Waals surface area (Å²) in [7, 11) is 0. The Balaban J connectivity index is 2.45. The minimum atomic E-state index is -0.242. The zero-order valence-electron chi connectivity index (χ0n) is 12.5. The monoisotopic (exact) mass is 305 g/mol. The second kappa shape index (κ2) is 6.41. The Morgan fingerprint density at radius 3 is 2.81 bits per heavy atom. The van der Waals surface area contributed by atoms with Gasteiger partial charge in [0.1, 0.15) is 0 Å². The third kappa shape index (κ3) is 3.17. The molecule has 1 atom stereocenters. The number of halogens is 1. The van der Waals surface area contributed by atoms with Gasteiger partial charge in [-0.2, -0.15) is 0 Å². The molecular formula is C16H20ClN3O. The highest BCUT2D eigenvalue weighted by Gasteiger charge is 2.22. The van der Waals surface area contributed by atoms with Crippen LogP contribution in [0.5, 0.6) is 0 Å². The molecule has 1 unspecified atom stereocenters. The smallest absolute Gasteiger partial charge is 0.229 e. The van der Waals surface area contributed by atoms with Crippen LogP contribution in [0.4, 0.5) is 5.69 Å². The summed E-state index contributed by atoms with van der Waals surface area (Å²) in [5, 5.41) is 4.28. The number of carbonyl (C=O) groups excluding carboxylic acids is 1. The van der Waals surface area contributed by atoms with Gasteiger partial charge in [0.05, 0.1) is 22.1 Å². The Bertz CT molecular complexity index is 670. The maximum atomic E-state index is 12.4. The normalized spacial score (nSPS) is 12.7. The van der Waals surface area contributed by atoms with Gasteiger partial charge < -0.3 is 11.1 Å². The van der Waals surface area contributed by atoms with Crippen molar-refractivity contribution in [3.8, 4) is 0 Å². The molecule has 3 N–H and O–H groups in total. The van der Waals surface area contributed by atoms with Crippen LogP contribution >= 0.6 is 11.6 Å². The van der Waals surface area contributed by atoms with Crippen molar-refractivity contribution in [1.82, 2.24) is 4.98 Å². The van der Waals surface area contributed by atoms with E-state index < -0.39 is 0 Å². The number of aromatic nitrogens is 1. The number of aryl methyl sites for hydroxylation is 1. The second-order valence-electron chi connectivity index (χ2n) is 5.53. The molecule has 1 amide bonds. The summed E-state index contributed by atoms with van der Waals surface area (Å²) in [5.74, 6) is -0.180. The van der Waals surface area contributed by atoms with Gasteiger partial charge >= 0.3 is 0 Å². The highest BCUT2D eigenvalue weighted by atomic mass is 35.5. The second-order valence-corrected chi connectivity index (χ2v) is 5.93. The summed E-state index contributed by atoms with van der Waals surface area (Å²) < 4.78 is 0. The van der Waals surface area contributed by atoms with Crippen LogP contribution in [-0.4, -0.2) is 17.4 Å². The van der Waals surface area contributed by atoms with Crippen LogP contribution in [0.15, 0.2) is 24.4 Å². The van der Waals surface area contributed by atoms with Gasteiger partial charge in [-0.05, 0) is 36.6 Å². The molecule has 0 fully saturated rings. The van der Waals surface area contributed by atoms with Gasteiger partial charge in [-0.15, -0.1) is 0 Å². The van der Waals surface area contributed by atoms with E-state index in [9.17, 15) is 4.79 Å². The van der Waals surface area contributed by atoms with Gasteiger partial charge in [-0.25, -0.2) is 0 Å². The van der Waals surface area contributed by atoms with E-state index in [2.05, 4.69) is 10.3 Å². The lowest BCUT2D eigenvalue weighted by Crippen LogP contribution is -2.33. The first-order chi connectivity index (χ1) is 9.95. The van der Waals surface area contributed by atoms with Crippen LogP contribution in [0, 0.1) is 18.8 Å². The number of pyridine rings is 1. The van der Waals surface area contributed by atoms with Crippen LogP contribution in [0.3, 0.4) is 0 Å². The predicted octanol–water partition coefficient (Wildman–Crippen LogP) is 3.37. The third-order valence-corrected chi connectivity index (χ3v) is 3.97. The molecule has 0 radical (unpaired) electrons. The number of benzene rings is 1. The number of nitrogens with zero attached hydrogens (tertiary/aromatic N) is 1. The number of carbonyl (C=O) groups is 1. The lowest BCUT2D eigenvalue weighted by Gasteiger charge is -2.20. The summed E-state index contributed by atoms with van der Waals surface area (Å²) in [6.07, 6.45) is 1.73. The fourth-order valence-corrected chi connectivity index (χ4v) is 2.72. The molecule has 0 saturated heterocycles. The summed E-state index contributed by atoms with van der Waals surface area (Å²) >= 11 is 6.31. The van der Waals surface area contributed by atoms with Crippen LogP contribution in [-0.2, 0) is 4.79 Å². The molecule has 0 aliphatic heterocycles. The molecule has 0 aliphatic rings. The maximum Gasteiger partial charge on any atom is 0.229 e. The maximum absolute atomic E-state index is 12.4. The molecule has 1 aromatic heterocycles. The van der Waals surface area contributed by atoms with Crippen molar-refractivity contribution in [2.75, 3.05) is 11.9 Å². The molecule has 1 aromatic carbocycles. The van der Waals surface area contributed by atoms with E-state index in [1.807, 2.05) is 39.0 Å². The van der Waals surface area contributed by atoms with E-state index in [-0.39, 0.29) is 17.7 Å². The topological polar surface area (TPSA) is 68.0 Å². The largest absolute Gasteiger partial charge is 0.330 e. The average molecular weight is 306 g/mol. The summed E-state index contributed by atoms with van der Waals surface area (Å²) in [5.41, 5.74) is 8.12. The molecule has 4 nitrogen and oxygen atoms in total. The molecular weight excluding hydrogens is 286 g/mol. The Hall–Kier alpha value is -1.65. The first kappa shape index (κ1) is 15.7. The molecule has 1 heterocycles. The summed E-state index contributed by atoms with van der Waals surface area (Å²) in [6, 6.07) is 5.56. The van der Waals surface area contributed by atoms with Crippen LogP contribution < -0.4 is 11.1 Å². The van der Waals surface area contributed by atoms with Crippen molar-refractivity contribution >= 4 is 34.1 Å². The van der Waals surface area contributed by atoms with Gasteiger partial charge in [0.2, 0.25) is 5.91 Å². The molecule has 21 heavy (non-hydrogen) atoms. The van der Waals surface area contributed by atoms with E-state index in [4.69, 9.17) is 17.3 Å². The number of rotatable bonds is 4. The first-order valence-corrected chi connectivity index (χ1v) is 7.38. The minimum absolute atomic E-state index is 0.108. The molecule has 112 valence electrons. The van der Waals surface area contributed by atoms with Crippen LogP contribution in [0.2, 0.25) is 5.02 Å². The van der Waals surface area contributed by atoms with Crippen LogP contribution in [0.1, 0.15) is 19.4 Å². The molecule has 0 bridgehead atoms. The fraction of sp³-hybridized carbons (Fsp3) is 0.375. The standard InChI is InChI=1S/C16H20ClN3O/c1-9(2)12(8-18)16(21)20-15-11-5-4-6-19-14(11)10(3)7-13(15)17/h4-7,9,12H,8,18H2,1-3H3,(H,20,21). The van der Waals surface area contributed by atoms with E-state index in [0.717, 1.165) is 16.5 Å². The summed E-state index contributed by atoms with van der Waals surface area (Å²) in [6.45, 7) is 6.22. The number of hydrogen-bond acceptors (Lipinski definition) is 3. The highest BCUT2D eigenvalue weighted by Crippen LogP contribution is 2.33. The van der Waals surface area contributed by atoms with Crippen molar-refractivity contribution in [3.63, 3.8) is 0 Å². The number of nitrogens with one attached hydrogen (secondary N) is 1. The first-order valence-electron chi connectivity index (χ1n) is 7.00. The number of nitrogens with two attached hydrogens (primary N) is 1. The van der Waals surface area contributed by atoms with E-state index in [1.54, 1.807) is 6.20 Å². The fourth-order valence-electron chi connectivity index (χ4n) is 2.41. The highest BCUT2D eigenvalue weighted by molar-refractivity contribution is 6.35. The van der Waals surface area contributed by atoms with Crippen molar-refractivity contribution < 1.29 is 4.79 Å². The molecule has 5 heteroatoms. The zero-order valence-corrected chi connectivity index (χ0v) is 13.2. The van der Waals surface area contributed by atoms with Crippen molar-refractivity contribution in [1.29, 1.82) is 0 Å². The Morgan fingerprint density at radius 1 is 1.48 bits per heavy atom.